The van der Waals surface area contributed by atoms with Crippen LogP contribution in [0.15, 0.2) is 53.0 Å². The van der Waals surface area contributed by atoms with Crippen LogP contribution >= 0.6 is 15.9 Å². The van der Waals surface area contributed by atoms with Crippen LogP contribution in [0.2, 0.25) is 0 Å². The summed E-state index contributed by atoms with van der Waals surface area (Å²) in [6.45, 7) is 2.08. The van der Waals surface area contributed by atoms with Crippen LogP contribution in [-0.4, -0.2) is 0 Å². The van der Waals surface area contributed by atoms with E-state index in [9.17, 15) is 0 Å². The monoisotopic (exact) mass is 278 g/mol. The first-order valence-corrected chi connectivity index (χ1v) is 4.64. The molecule has 0 bridgehead atoms. The van der Waals surface area contributed by atoms with Gasteiger partial charge in [-0.25, -0.2) is 12.1 Å². The second-order valence-corrected chi connectivity index (χ2v) is 3.48. The number of aryl methyl sites for hydroxylation is 1. The molecule has 0 fully saturated rings. The van der Waals surface area contributed by atoms with Gasteiger partial charge >= 0.3 is 0 Å². The van der Waals surface area contributed by atoms with Crippen molar-refractivity contribution >= 4 is 15.9 Å². The summed E-state index contributed by atoms with van der Waals surface area (Å²) in [7, 11) is 0. The molecular weight excluding hydrogens is 268 g/mol. The van der Waals surface area contributed by atoms with Gasteiger partial charge in [0, 0.05) is 17.1 Å². The standard InChI is InChI=1S/C6H7.C5H4Br.Fe/c1-6-4-2-3-5-6;6-5-3-1-2-4-5;/h2-5H,1H3;1-4H;/q-1;-5;. The molecule has 0 unspecified atom stereocenters. The van der Waals surface area contributed by atoms with E-state index >= 15 is 0 Å². The van der Waals surface area contributed by atoms with E-state index in [0.29, 0.717) is 0 Å². The van der Waals surface area contributed by atoms with Gasteiger partial charge < -0.3 is 44.7 Å². The van der Waals surface area contributed by atoms with Gasteiger partial charge in [-0.3, -0.25) is 0 Å². The molecular formula is C11H11BrFe-6. The third-order valence-electron chi connectivity index (χ3n) is 1.45. The summed E-state index contributed by atoms with van der Waals surface area (Å²) in [4.78, 5) is 0. The second-order valence-electron chi connectivity index (χ2n) is 2.57. The summed E-state index contributed by atoms with van der Waals surface area (Å²) in [5.74, 6) is 0. The van der Waals surface area contributed by atoms with Gasteiger partial charge in [0.15, 0.2) is 0 Å². The quantitative estimate of drug-likeness (QED) is 0.507. The minimum atomic E-state index is 0. The van der Waals surface area contributed by atoms with Gasteiger partial charge in [0.05, 0.1) is 0 Å². The van der Waals surface area contributed by atoms with Crippen molar-refractivity contribution in [2.75, 3.05) is 0 Å². The van der Waals surface area contributed by atoms with Gasteiger partial charge in [-0.2, -0.15) is 17.7 Å². The predicted molar refractivity (Wildman–Crippen MR) is 56.5 cm³/mol. The molecule has 0 heterocycles. The summed E-state index contributed by atoms with van der Waals surface area (Å²) in [5.41, 5.74) is 1.34. The van der Waals surface area contributed by atoms with Crippen LogP contribution in [-0.2, 0) is 17.1 Å². The Balaban J connectivity index is 0.000000206. The normalized spacial score (nSPS) is 8.15. The van der Waals surface area contributed by atoms with Crippen molar-refractivity contribution in [3.8, 4) is 0 Å². The van der Waals surface area contributed by atoms with Crippen LogP contribution < -0.4 is 0 Å². The van der Waals surface area contributed by atoms with E-state index in [-0.39, 0.29) is 17.1 Å². The Morgan fingerprint density at radius 2 is 1.54 bits per heavy atom. The van der Waals surface area contributed by atoms with Gasteiger partial charge in [0.2, 0.25) is 0 Å². The molecule has 2 aromatic carbocycles. The molecule has 76 valence electrons. The summed E-state index contributed by atoms with van der Waals surface area (Å²) in [6, 6.07) is 16.2. The maximum absolute atomic E-state index is 3.28. The van der Waals surface area contributed by atoms with Gasteiger partial charge in [-0.1, -0.05) is 6.92 Å². The number of rotatable bonds is 0. The van der Waals surface area contributed by atoms with E-state index in [0.717, 1.165) is 4.47 Å². The zero-order valence-electron chi connectivity index (χ0n) is 7.35. The Hall–Kier alpha value is -0.301. The fourth-order valence-corrected chi connectivity index (χ4v) is 1.13. The number of halogens is 1. The summed E-state index contributed by atoms with van der Waals surface area (Å²) >= 11 is 3.28. The van der Waals surface area contributed by atoms with Crippen LogP contribution in [0, 0.1) is 6.92 Å². The molecule has 0 N–H and O–H groups in total. The van der Waals surface area contributed by atoms with Crippen LogP contribution in [0.25, 0.3) is 0 Å². The van der Waals surface area contributed by atoms with E-state index in [4.69, 9.17) is 0 Å². The molecule has 0 nitrogen and oxygen atoms in total. The van der Waals surface area contributed by atoms with E-state index in [1.807, 2.05) is 36.4 Å². The van der Waals surface area contributed by atoms with E-state index in [1.54, 1.807) is 0 Å². The SMILES string of the molecule is Br[c-]1[cH-][cH-][cH-][cH-]1.C[c-]1cccc1.[Fe]. The molecule has 0 aliphatic rings. The Labute approximate surface area is 98.3 Å². The fourth-order valence-electron chi connectivity index (χ4n) is 0.821. The maximum Gasteiger partial charge on any atom is 0 e. The first-order valence-electron chi connectivity index (χ1n) is 3.84. The molecule has 0 radical (unpaired) electrons. The molecule has 2 aromatic rings. The van der Waals surface area contributed by atoms with Crippen LogP contribution in [0.3, 0.4) is 0 Å². The van der Waals surface area contributed by atoms with Crippen molar-refractivity contribution in [1.82, 2.24) is 0 Å². The molecule has 0 atom stereocenters. The number of hydrogen-bond donors (Lipinski definition) is 0. The molecule has 0 spiro atoms. The molecule has 2 heteroatoms. The van der Waals surface area contributed by atoms with Crippen molar-refractivity contribution in [2.24, 2.45) is 0 Å². The minimum absolute atomic E-state index is 0. The van der Waals surface area contributed by atoms with Crippen LogP contribution in [0.5, 0.6) is 0 Å². The largest absolute Gasteiger partial charge is 0.747 e. The molecule has 0 saturated heterocycles. The molecule has 0 aromatic heterocycles. The maximum atomic E-state index is 3.28. The van der Waals surface area contributed by atoms with Crippen LogP contribution in [0.1, 0.15) is 5.56 Å². The number of hydrogen-bond acceptors (Lipinski definition) is 0. The second kappa shape index (κ2) is 7.14. The molecule has 0 aliphatic carbocycles. The van der Waals surface area contributed by atoms with Crippen molar-refractivity contribution < 1.29 is 17.1 Å². The Kier molecular flexibility index (Phi) is 6.97. The third kappa shape index (κ3) is 5.86. The van der Waals surface area contributed by atoms with Gasteiger partial charge in [0.25, 0.3) is 0 Å². The summed E-state index contributed by atoms with van der Waals surface area (Å²) in [5, 5.41) is 0. The molecule has 13 heavy (non-hydrogen) atoms. The Bertz CT molecular complexity index is 249. The van der Waals surface area contributed by atoms with Crippen molar-refractivity contribution in [3.63, 3.8) is 0 Å². The third-order valence-corrected chi connectivity index (χ3v) is 1.98. The molecule has 2 rings (SSSR count). The van der Waals surface area contributed by atoms with Crippen LogP contribution in [0.4, 0.5) is 0 Å². The zero-order chi connectivity index (χ0) is 8.81. The minimum Gasteiger partial charge on any atom is -0.747 e. The van der Waals surface area contributed by atoms with Gasteiger partial charge in [-0.15, -0.1) is 0 Å². The average Bonchev–Trinajstić information content (AvgIpc) is 2.63. The van der Waals surface area contributed by atoms with E-state index < -0.39 is 0 Å². The van der Waals surface area contributed by atoms with Crippen molar-refractivity contribution in [2.45, 2.75) is 6.92 Å². The predicted octanol–water partition coefficient (Wildman–Crippen LogP) is 3.88. The van der Waals surface area contributed by atoms with Crippen molar-refractivity contribution in [1.29, 1.82) is 0 Å². The first kappa shape index (κ1) is 12.7. The fraction of sp³-hybridized carbons (Fsp3) is 0.0909. The molecule has 0 saturated carbocycles. The topological polar surface area (TPSA) is 0 Å². The van der Waals surface area contributed by atoms with Gasteiger partial charge in [0.1, 0.15) is 0 Å². The smallest absolute Gasteiger partial charge is 0 e. The average molecular weight is 279 g/mol. The van der Waals surface area contributed by atoms with Gasteiger partial charge in [-0.05, 0) is 0 Å². The molecule has 0 aliphatic heterocycles. The zero-order valence-corrected chi connectivity index (χ0v) is 10.0. The van der Waals surface area contributed by atoms with Crippen molar-refractivity contribution in [3.05, 3.63) is 58.6 Å². The summed E-state index contributed by atoms with van der Waals surface area (Å²) in [6.07, 6.45) is 0. The summed E-state index contributed by atoms with van der Waals surface area (Å²) < 4.78 is 1.16. The van der Waals surface area contributed by atoms with E-state index in [2.05, 4.69) is 35.0 Å². The first-order chi connectivity index (χ1) is 5.79. The Morgan fingerprint density at radius 3 is 1.69 bits per heavy atom. The molecule has 0 amide bonds. The Morgan fingerprint density at radius 1 is 1.08 bits per heavy atom. The van der Waals surface area contributed by atoms with E-state index in [1.165, 1.54) is 5.56 Å².